The van der Waals surface area contributed by atoms with Gasteiger partial charge in [-0.2, -0.15) is 0 Å². The zero-order valence-corrected chi connectivity index (χ0v) is 13.3. The minimum Gasteiger partial charge on any atom is -0.466 e. The summed E-state index contributed by atoms with van der Waals surface area (Å²) in [7, 11) is 2.57. The fourth-order valence-electron chi connectivity index (χ4n) is 1.71. The maximum Gasteiger partial charge on any atom is 0.339 e. The van der Waals surface area contributed by atoms with Gasteiger partial charge < -0.3 is 14.8 Å². The van der Waals surface area contributed by atoms with Gasteiger partial charge in [-0.3, -0.25) is 0 Å². The van der Waals surface area contributed by atoms with Crippen LogP contribution in [0.3, 0.4) is 0 Å². The standard InChI is InChI=1S/C17H21NO4/c1-12-5-7-14(8-6-12)11-18-13(2)15(17(20)22-4)9-10-16(19)21-3/h5-10,18H,11H2,1-4H3/b10-9+,15-13-. The van der Waals surface area contributed by atoms with Gasteiger partial charge in [0.05, 0.1) is 19.8 Å². The molecule has 5 nitrogen and oxygen atoms in total. The Labute approximate surface area is 130 Å². The van der Waals surface area contributed by atoms with Crippen LogP contribution in [-0.4, -0.2) is 26.2 Å². The molecule has 0 aliphatic rings. The van der Waals surface area contributed by atoms with Gasteiger partial charge >= 0.3 is 11.9 Å². The number of nitrogens with one attached hydrogen (secondary N) is 1. The first-order valence-electron chi connectivity index (χ1n) is 6.82. The van der Waals surface area contributed by atoms with E-state index in [0.29, 0.717) is 12.2 Å². The lowest BCUT2D eigenvalue weighted by atomic mass is 10.1. The summed E-state index contributed by atoms with van der Waals surface area (Å²) in [5, 5.41) is 3.15. The van der Waals surface area contributed by atoms with Crippen molar-refractivity contribution in [3.05, 3.63) is 58.8 Å². The molecule has 0 aromatic heterocycles. The molecular weight excluding hydrogens is 282 g/mol. The van der Waals surface area contributed by atoms with Crippen LogP contribution in [0.2, 0.25) is 0 Å². The Morgan fingerprint density at radius 2 is 1.73 bits per heavy atom. The Balaban J connectivity index is 2.86. The number of aryl methyl sites for hydroxylation is 1. The molecular formula is C17H21NO4. The highest BCUT2D eigenvalue weighted by atomic mass is 16.5. The summed E-state index contributed by atoms with van der Waals surface area (Å²) < 4.78 is 9.24. The molecule has 22 heavy (non-hydrogen) atoms. The normalized spacial score (nSPS) is 11.8. The Morgan fingerprint density at radius 1 is 1.09 bits per heavy atom. The van der Waals surface area contributed by atoms with Crippen LogP contribution in [0.25, 0.3) is 0 Å². The van der Waals surface area contributed by atoms with Gasteiger partial charge in [-0.25, -0.2) is 9.59 Å². The van der Waals surface area contributed by atoms with E-state index in [1.807, 2.05) is 31.2 Å². The van der Waals surface area contributed by atoms with E-state index < -0.39 is 11.9 Å². The highest BCUT2D eigenvalue weighted by molar-refractivity contribution is 5.94. The van der Waals surface area contributed by atoms with Gasteiger partial charge in [-0.15, -0.1) is 0 Å². The lowest BCUT2D eigenvalue weighted by molar-refractivity contribution is -0.135. The molecule has 0 atom stereocenters. The first kappa shape index (κ1) is 17.5. The number of ether oxygens (including phenoxy) is 2. The second kappa shape index (κ2) is 8.67. The van der Waals surface area contributed by atoms with Crippen LogP contribution >= 0.6 is 0 Å². The number of rotatable bonds is 6. The van der Waals surface area contributed by atoms with E-state index in [2.05, 4.69) is 10.1 Å². The predicted octanol–water partition coefficient (Wildman–Crippen LogP) is 2.26. The van der Waals surface area contributed by atoms with Gasteiger partial charge in [0, 0.05) is 18.3 Å². The number of methoxy groups -OCH3 is 2. The van der Waals surface area contributed by atoms with E-state index in [1.165, 1.54) is 31.9 Å². The molecule has 0 saturated heterocycles. The van der Waals surface area contributed by atoms with Crippen LogP contribution in [0.5, 0.6) is 0 Å². The average Bonchev–Trinajstić information content (AvgIpc) is 2.53. The van der Waals surface area contributed by atoms with E-state index in [0.717, 1.165) is 5.56 Å². The molecule has 1 rings (SSSR count). The van der Waals surface area contributed by atoms with Gasteiger partial charge in [-0.05, 0) is 25.5 Å². The van der Waals surface area contributed by atoms with E-state index in [-0.39, 0.29) is 5.57 Å². The lowest BCUT2D eigenvalue weighted by Gasteiger charge is -2.10. The Bertz CT molecular complexity index is 585. The summed E-state index contributed by atoms with van der Waals surface area (Å²) in [5.74, 6) is -1.05. The van der Waals surface area contributed by atoms with E-state index >= 15 is 0 Å². The summed E-state index contributed by atoms with van der Waals surface area (Å²) in [6.07, 6.45) is 2.57. The quantitative estimate of drug-likeness (QED) is 0.496. The maximum absolute atomic E-state index is 11.8. The van der Waals surface area contributed by atoms with Gasteiger partial charge in [0.1, 0.15) is 0 Å². The molecule has 0 amide bonds. The number of hydrogen-bond donors (Lipinski definition) is 1. The molecule has 0 aliphatic heterocycles. The monoisotopic (exact) mass is 303 g/mol. The largest absolute Gasteiger partial charge is 0.466 e. The van der Waals surface area contributed by atoms with Crippen molar-refractivity contribution in [2.75, 3.05) is 14.2 Å². The minimum atomic E-state index is -0.535. The Hall–Kier alpha value is -2.56. The third-order valence-electron chi connectivity index (χ3n) is 3.07. The van der Waals surface area contributed by atoms with Gasteiger partial charge in [0.15, 0.2) is 0 Å². The fourth-order valence-corrected chi connectivity index (χ4v) is 1.71. The average molecular weight is 303 g/mol. The van der Waals surface area contributed by atoms with Crippen LogP contribution in [0, 0.1) is 6.92 Å². The van der Waals surface area contributed by atoms with E-state index in [1.54, 1.807) is 6.92 Å². The van der Waals surface area contributed by atoms with Crippen molar-refractivity contribution in [3.8, 4) is 0 Å². The Morgan fingerprint density at radius 3 is 2.27 bits per heavy atom. The lowest BCUT2D eigenvalue weighted by Crippen LogP contribution is -2.16. The summed E-state index contributed by atoms with van der Waals surface area (Å²) in [4.78, 5) is 22.9. The molecule has 0 saturated carbocycles. The fraction of sp³-hybridized carbons (Fsp3) is 0.294. The van der Waals surface area contributed by atoms with E-state index in [4.69, 9.17) is 4.74 Å². The number of hydrogen-bond acceptors (Lipinski definition) is 5. The molecule has 0 aliphatic carbocycles. The number of allylic oxidation sites excluding steroid dienone is 1. The SMILES string of the molecule is COC(=O)/C=C/C(C(=O)OC)=C(\C)NCc1ccc(C)cc1. The zero-order valence-electron chi connectivity index (χ0n) is 13.3. The third-order valence-corrected chi connectivity index (χ3v) is 3.07. The highest BCUT2D eigenvalue weighted by Gasteiger charge is 2.11. The summed E-state index contributed by atoms with van der Waals surface area (Å²) >= 11 is 0. The number of benzene rings is 1. The minimum absolute atomic E-state index is 0.278. The topological polar surface area (TPSA) is 64.6 Å². The number of carbonyl (C=O) groups excluding carboxylic acids is 2. The summed E-state index contributed by atoms with van der Waals surface area (Å²) in [6, 6.07) is 8.07. The number of carbonyl (C=O) groups is 2. The first-order valence-corrected chi connectivity index (χ1v) is 6.82. The molecule has 1 N–H and O–H groups in total. The van der Waals surface area contributed by atoms with Crippen molar-refractivity contribution in [3.63, 3.8) is 0 Å². The molecule has 118 valence electrons. The van der Waals surface area contributed by atoms with Gasteiger partial charge in [0.25, 0.3) is 0 Å². The first-order chi connectivity index (χ1) is 10.5. The molecule has 5 heteroatoms. The van der Waals surface area contributed by atoms with Gasteiger partial charge in [-0.1, -0.05) is 29.8 Å². The van der Waals surface area contributed by atoms with Gasteiger partial charge in [0.2, 0.25) is 0 Å². The van der Waals surface area contributed by atoms with Crippen LogP contribution in [-0.2, 0) is 25.6 Å². The molecule has 1 aromatic rings. The highest BCUT2D eigenvalue weighted by Crippen LogP contribution is 2.09. The molecule has 0 heterocycles. The molecule has 0 radical (unpaired) electrons. The third kappa shape index (κ3) is 5.44. The number of esters is 2. The molecule has 0 spiro atoms. The maximum atomic E-state index is 11.8. The second-order valence-electron chi connectivity index (χ2n) is 4.73. The molecule has 1 aromatic carbocycles. The molecule has 0 bridgehead atoms. The molecule has 0 unspecified atom stereocenters. The zero-order chi connectivity index (χ0) is 16.5. The Kier molecular flexibility index (Phi) is 6.89. The van der Waals surface area contributed by atoms with Crippen molar-refractivity contribution >= 4 is 11.9 Å². The van der Waals surface area contributed by atoms with Crippen LogP contribution in [0.4, 0.5) is 0 Å². The van der Waals surface area contributed by atoms with E-state index in [9.17, 15) is 9.59 Å². The van der Waals surface area contributed by atoms with Crippen molar-refractivity contribution < 1.29 is 19.1 Å². The van der Waals surface area contributed by atoms with Crippen molar-refractivity contribution in [2.24, 2.45) is 0 Å². The van der Waals surface area contributed by atoms with Crippen LogP contribution in [0.1, 0.15) is 18.1 Å². The summed E-state index contributed by atoms with van der Waals surface area (Å²) in [5.41, 5.74) is 3.17. The van der Waals surface area contributed by atoms with Crippen molar-refractivity contribution in [1.29, 1.82) is 0 Å². The van der Waals surface area contributed by atoms with Crippen LogP contribution < -0.4 is 5.32 Å². The second-order valence-corrected chi connectivity index (χ2v) is 4.73. The molecule has 0 fully saturated rings. The summed E-state index contributed by atoms with van der Waals surface area (Å²) in [6.45, 7) is 4.34. The van der Waals surface area contributed by atoms with Crippen molar-refractivity contribution in [2.45, 2.75) is 20.4 Å². The smallest absolute Gasteiger partial charge is 0.339 e. The van der Waals surface area contributed by atoms with Crippen molar-refractivity contribution in [1.82, 2.24) is 5.32 Å². The predicted molar refractivity (Wildman–Crippen MR) is 83.9 cm³/mol. The van der Waals surface area contributed by atoms with Crippen LogP contribution in [0.15, 0.2) is 47.7 Å².